The first-order valence-electron chi connectivity index (χ1n) is 23.0. The van der Waals surface area contributed by atoms with Crippen LogP contribution in [0.1, 0.15) is 245 Å². The van der Waals surface area contributed by atoms with E-state index in [9.17, 15) is 14.4 Å². The van der Waals surface area contributed by atoms with Gasteiger partial charge in [0.15, 0.2) is 6.10 Å². The van der Waals surface area contributed by atoms with E-state index in [1.807, 2.05) is 0 Å². The molecule has 54 heavy (non-hydrogen) atoms. The fraction of sp³-hybridized carbons (Fsp3) is 0.933. The number of hydrogen-bond donors (Lipinski definition) is 0. The Hall–Kier alpha value is -2.28. The van der Waals surface area contributed by atoms with Crippen LogP contribution in [-0.4, -0.2) is 43.8 Å². The third-order valence-corrected chi connectivity index (χ3v) is 10.3. The van der Waals surface area contributed by atoms with Crippen molar-refractivity contribution in [2.24, 2.45) is 5.11 Å². The summed E-state index contributed by atoms with van der Waals surface area (Å²) >= 11 is 0. The summed E-state index contributed by atoms with van der Waals surface area (Å²) in [5.74, 6) is -1.03. The molecule has 0 saturated heterocycles. The summed E-state index contributed by atoms with van der Waals surface area (Å²) in [5.41, 5.74) is 8.38. The van der Waals surface area contributed by atoms with Gasteiger partial charge in [-0.1, -0.05) is 205 Å². The lowest BCUT2D eigenvalue weighted by molar-refractivity contribution is -0.167. The summed E-state index contributed by atoms with van der Waals surface area (Å²) in [5, 5.41) is 3.50. The zero-order valence-corrected chi connectivity index (χ0v) is 35.4. The minimum atomic E-state index is -0.812. The number of esters is 3. The highest BCUT2D eigenvalue weighted by atomic mass is 16.6. The summed E-state index contributed by atoms with van der Waals surface area (Å²) in [6, 6.07) is 0. The fourth-order valence-electron chi connectivity index (χ4n) is 6.83. The zero-order valence-electron chi connectivity index (χ0n) is 35.4. The van der Waals surface area contributed by atoms with E-state index in [0.29, 0.717) is 32.2 Å². The van der Waals surface area contributed by atoms with Gasteiger partial charge < -0.3 is 14.2 Å². The number of rotatable bonds is 43. The summed E-state index contributed by atoms with van der Waals surface area (Å²) in [4.78, 5) is 40.2. The Kier molecular flexibility index (Phi) is 41.6. The number of nitrogens with zero attached hydrogens (tertiary/aromatic N) is 3. The van der Waals surface area contributed by atoms with Gasteiger partial charge in [0.25, 0.3) is 0 Å². The van der Waals surface area contributed by atoms with Gasteiger partial charge in [0.1, 0.15) is 13.2 Å². The van der Waals surface area contributed by atoms with Crippen LogP contribution in [0, 0.1) is 0 Å². The first-order valence-corrected chi connectivity index (χ1v) is 23.0. The van der Waals surface area contributed by atoms with E-state index in [2.05, 4.69) is 23.9 Å². The van der Waals surface area contributed by atoms with Crippen LogP contribution in [0.25, 0.3) is 10.4 Å². The maximum Gasteiger partial charge on any atom is 0.306 e. The van der Waals surface area contributed by atoms with Crippen LogP contribution in [0.15, 0.2) is 5.11 Å². The van der Waals surface area contributed by atoms with Crippen LogP contribution in [0.3, 0.4) is 0 Å². The van der Waals surface area contributed by atoms with E-state index in [-0.39, 0.29) is 37.5 Å². The molecule has 0 aromatic carbocycles. The third kappa shape index (κ3) is 40.9. The van der Waals surface area contributed by atoms with Crippen molar-refractivity contribution in [3.63, 3.8) is 0 Å². The molecule has 0 aliphatic carbocycles. The lowest BCUT2D eigenvalue weighted by Crippen LogP contribution is -2.30. The van der Waals surface area contributed by atoms with Gasteiger partial charge in [0, 0.05) is 30.7 Å². The Morgan fingerprint density at radius 1 is 0.426 bits per heavy atom. The molecule has 0 heterocycles. The van der Waals surface area contributed by atoms with Gasteiger partial charge >= 0.3 is 17.9 Å². The average Bonchev–Trinajstić information content (AvgIpc) is 3.17. The van der Waals surface area contributed by atoms with Crippen LogP contribution < -0.4 is 0 Å². The molecule has 0 bridgehead atoms. The standard InChI is InChI=1S/C45H85N3O6/c1-3-5-7-9-11-13-15-17-19-21-23-25-27-29-32-36-43(49)52-40-42(41-53-44(50)37-34-31-35-39-47-48-46)54-45(51)38-33-30-28-26-24-22-20-18-16-14-12-10-8-6-4-2/h42H,3-41H2,1-2H3. The van der Waals surface area contributed by atoms with Crippen LogP contribution in [0.4, 0.5) is 0 Å². The molecule has 0 amide bonds. The molecule has 1 atom stereocenters. The maximum absolute atomic E-state index is 12.7. The van der Waals surface area contributed by atoms with E-state index in [0.717, 1.165) is 44.9 Å². The first-order chi connectivity index (χ1) is 26.5. The molecule has 9 heteroatoms. The van der Waals surface area contributed by atoms with E-state index < -0.39 is 6.10 Å². The molecule has 0 aliphatic heterocycles. The SMILES string of the molecule is CCCCCCCCCCCCCCCCCC(=O)OCC(COC(=O)CCCCCN=[N+]=[N-])OC(=O)CCCCCCCCCCCCCCCCC. The number of carbonyl (C=O) groups is 3. The van der Waals surface area contributed by atoms with Crippen LogP contribution in [0.2, 0.25) is 0 Å². The van der Waals surface area contributed by atoms with E-state index in [4.69, 9.17) is 19.7 Å². The van der Waals surface area contributed by atoms with Gasteiger partial charge in [-0.3, -0.25) is 14.4 Å². The zero-order chi connectivity index (χ0) is 39.4. The predicted molar refractivity (Wildman–Crippen MR) is 223 cm³/mol. The quantitative estimate of drug-likeness (QED) is 0.0152. The molecular formula is C45H85N3O6. The second-order valence-electron chi connectivity index (χ2n) is 15.6. The van der Waals surface area contributed by atoms with Crippen molar-refractivity contribution in [2.45, 2.75) is 251 Å². The molecule has 0 radical (unpaired) electrons. The molecule has 316 valence electrons. The van der Waals surface area contributed by atoms with Crippen molar-refractivity contribution in [3.05, 3.63) is 10.4 Å². The first kappa shape index (κ1) is 51.7. The van der Waals surface area contributed by atoms with Gasteiger partial charge in [-0.15, -0.1) is 0 Å². The molecule has 9 nitrogen and oxygen atoms in total. The van der Waals surface area contributed by atoms with Gasteiger partial charge in [-0.05, 0) is 31.2 Å². The highest BCUT2D eigenvalue weighted by Gasteiger charge is 2.19. The summed E-state index contributed by atoms with van der Waals surface area (Å²) in [6.07, 6.45) is 40.1. The van der Waals surface area contributed by atoms with Crippen LogP contribution in [-0.2, 0) is 28.6 Å². The maximum atomic E-state index is 12.7. The molecule has 0 aliphatic rings. The van der Waals surface area contributed by atoms with E-state index >= 15 is 0 Å². The van der Waals surface area contributed by atoms with Crippen molar-refractivity contribution >= 4 is 17.9 Å². The number of unbranched alkanes of at least 4 members (excludes halogenated alkanes) is 30. The van der Waals surface area contributed by atoms with Crippen molar-refractivity contribution in [2.75, 3.05) is 19.8 Å². The van der Waals surface area contributed by atoms with Crippen molar-refractivity contribution in [1.82, 2.24) is 0 Å². The molecule has 0 rings (SSSR count). The van der Waals surface area contributed by atoms with Gasteiger partial charge in [0.2, 0.25) is 0 Å². The number of azide groups is 1. The van der Waals surface area contributed by atoms with E-state index in [1.165, 1.54) is 154 Å². The molecule has 0 aromatic heterocycles. The lowest BCUT2D eigenvalue weighted by Gasteiger charge is -2.18. The smallest absolute Gasteiger partial charge is 0.306 e. The highest BCUT2D eigenvalue weighted by Crippen LogP contribution is 2.16. The van der Waals surface area contributed by atoms with Crippen LogP contribution >= 0.6 is 0 Å². The molecule has 0 N–H and O–H groups in total. The van der Waals surface area contributed by atoms with Crippen LogP contribution in [0.5, 0.6) is 0 Å². The Balaban J connectivity index is 4.20. The Bertz CT molecular complexity index is 895. The monoisotopic (exact) mass is 764 g/mol. The second kappa shape index (κ2) is 43.4. The molecule has 0 aromatic rings. The van der Waals surface area contributed by atoms with E-state index in [1.54, 1.807) is 0 Å². The largest absolute Gasteiger partial charge is 0.462 e. The summed E-state index contributed by atoms with van der Waals surface area (Å²) in [6.45, 7) is 4.70. The summed E-state index contributed by atoms with van der Waals surface area (Å²) in [7, 11) is 0. The number of carbonyl (C=O) groups excluding carboxylic acids is 3. The summed E-state index contributed by atoms with van der Waals surface area (Å²) < 4.78 is 16.5. The minimum Gasteiger partial charge on any atom is -0.462 e. The minimum absolute atomic E-state index is 0.110. The van der Waals surface area contributed by atoms with Crippen molar-refractivity contribution in [3.8, 4) is 0 Å². The molecular weight excluding hydrogens is 679 g/mol. The van der Waals surface area contributed by atoms with Gasteiger partial charge in [-0.25, -0.2) is 0 Å². The lowest BCUT2D eigenvalue weighted by atomic mass is 10.0. The fourth-order valence-corrected chi connectivity index (χ4v) is 6.83. The second-order valence-corrected chi connectivity index (χ2v) is 15.6. The highest BCUT2D eigenvalue weighted by molar-refractivity contribution is 5.71. The molecule has 1 unspecified atom stereocenters. The number of hydrogen-bond acceptors (Lipinski definition) is 7. The third-order valence-electron chi connectivity index (χ3n) is 10.3. The number of ether oxygens (including phenoxy) is 3. The Morgan fingerprint density at radius 2 is 0.704 bits per heavy atom. The molecule has 0 saturated carbocycles. The van der Waals surface area contributed by atoms with Gasteiger partial charge in [0.05, 0.1) is 0 Å². The van der Waals surface area contributed by atoms with Crippen molar-refractivity contribution < 1.29 is 28.6 Å². The van der Waals surface area contributed by atoms with Crippen molar-refractivity contribution in [1.29, 1.82) is 0 Å². The molecule has 0 fully saturated rings. The normalized spacial score (nSPS) is 11.6. The Morgan fingerprint density at radius 3 is 1.02 bits per heavy atom. The van der Waals surface area contributed by atoms with Gasteiger partial charge in [-0.2, -0.15) is 0 Å². The topological polar surface area (TPSA) is 128 Å². The predicted octanol–water partition coefficient (Wildman–Crippen LogP) is 14.4. The average molecular weight is 764 g/mol. The Labute approximate surface area is 332 Å². The molecule has 0 spiro atoms.